The number of hydrogen-bond acceptors (Lipinski definition) is 2. The molecule has 0 saturated carbocycles. The first-order chi connectivity index (χ1) is 6.13. The number of rotatable bonds is 1. The maximum absolute atomic E-state index is 11.3. The van der Waals surface area contributed by atoms with Crippen LogP contribution in [-0.2, 0) is 23.0 Å². The van der Waals surface area contributed by atoms with Gasteiger partial charge in [-0.05, 0) is 23.6 Å². The van der Waals surface area contributed by atoms with Crippen molar-refractivity contribution in [2.75, 3.05) is 0 Å². The van der Waals surface area contributed by atoms with Gasteiger partial charge in [0.05, 0.1) is 4.90 Å². The second-order valence-corrected chi connectivity index (χ2v) is 4.86. The van der Waals surface area contributed by atoms with Crippen molar-refractivity contribution in [2.24, 2.45) is 0 Å². The summed E-state index contributed by atoms with van der Waals surface area (Å²) in [6.45, 7) is 2.49. The van der Waals surface area contributed by atoms with E-state index in [9.17, 15) is 8.42 Å². The minimum absolute atomic E-state index is 0.435. The number of benzene rings is 1. The molecule has 1 N–H and O–H groups in total. The van der Waals surface area contributed by atoms with E-state index in [0.717, 1.165) is 12.0 Å². The first kappa shape index (κ1) is 8.72. The van der Waals surface area contributed by atoms with Crippen LogP contribution in [0.2, 0.25) is 0 Å². The topological polar surface area (TPSA) is 46.2 Å². The Morgan fingerprint density at radius 1 is 1.46 bits per heavy atom. The highest BCUT2D eigenvalue weighted by Gasteiger charge is 2.24. The average molecular weight is 197 g/mol. The van der Waals surface area contributed by atoms with E-state index in [2.05, 4.69) is 11.6 Å². The van der Waals surface area contributed by atoms with Gasteiger partial charge in [0.1, 0.15) is 0 Å². The zero-order valence-electron chi connectivity index (χ0n) is 7.37. The first-order valence-corrected chi connectivity index (χ1v) is 5.73. The fourth-order valence-corrected chi connectivity index (χ4v) is 2.73. The zero-order chi connectivity index (χ0) is 9.47. The van der Waals surface area contributed by atoms with E-state index in [1.807, 2.05) is 12.1 Å². The Kier molecular flexibility index (Phi) is 1.89. The van der Waals surface area contributed by atoms with Crippen molar-refractivity contribution >= 4 is 10.0 Å². The fourth-order valence-electron chi connectivity index (χ4n) is 1.50. The molecule has 0 atom stereocenters. The lowest BCUT2D eigenvalue weighted by molar-refractivity contribution is 0.589. The lowest BCUT2D eigenvalue weighted by Gasteiger charge is -1.99. The van der Waals surface area contributed by atoms with Gasteiger partial charge in [-0.1, -0.05) is 19.1 Å². The molecule has 0 radical (unpaired) electrons. The first-order valence-electron chi connectivity index (χ1n) is 4.25. The molecule has 70 valence electrons. The number of fused-ring (bicyclic) bond motifs is 1. The molecule has 4 heteroatoms. The normalized spacial score (nSPS) is 18.5. The molecule has 1 heterocycles. The van der Waals surface area contributed by atoms with Gasteiger partial charge in [-0.25, -0.2) is 13.1 Å². The minimum Gasteiger partial charge on any atom is -0.207 e. The second kappa shape index (κ2) is 2.82. The van der Waals surface area contributed by atoms with E-state index in [4.69, 9.17) is 0 Å². The summed E-state index contributed by atoms with van der Waals surface area (Å²) in [6.07, 6.45) is 0.938. The van der Waals surface area contributed by atoms with Gasteiger partial charge in [-0.3, -0.25) is 0 Å². The highest BCUT2D eigenvalue weighted by molar-refractivity contribution is 7.89. The van der Waals surface area contributed by atoms with E-state index in [0.29, 0.717) is 11.4 Å². The van der Waals surface area contributed by atoms with Gasteiger partial charge in [0.2, 0.25) is 10.0 Å². The Bertz CT molecular complexity index is 437. The van der Waals surface area contributed by atoms with Crippen LogP contribution >= 0.6 is 0 Å². The van der Waals surface area contributed by atoms with E-state index in [1.165, 1.54) is 5.56 Å². The van der Waals surface area contributed by atoms with Gasteiger partial charge in [0.25, 0.3) is 0 Å². The lowest BCUT2D eigenvalue weighted by Crippen LogP contribution is -2.13. The molecule has 0 amide bonds. The third kappa shape index (κ3) is 1.36. The van der Waals surface area contributed by atoms with Crippen LogP contribution < -0.4 is 4.72 Å². The Balaban J connectivity index is 2.59. The predicted octanol–water partition coefficient (Wildman–Crippen LogP) is 1.04. The fraction of sp³-hybridized carbons (Fsp3) is 0.333. The molecule has 0 fully saturated rings. The van der Waals surface area contributed by atoms with Gasteiger partial charge < -0.3 is 0 Å². The Morgan fingerprint density at radius 3 is 2.92 bits per heavy atom. The van der Waals surface area contributed by atoms with Crippen molar-refractivity contribution in [3.63, 3.8) is 0 Å². The monoisotopic (exact) mass is 197 g/mol. The summed E-state index contributed by atoms with van der Waals surface area (Å²) >= 11 is 0. The smallest absolute Gasteiger partial charge is 0.207 e. The predicted molar refractivity (Wildman–Crippen MR) is 49.8 cm³/mol. The largest absolute Gasteiger partial charge is 0.241 e. The SMILES string of the molecule is CCc1ccc2c(c1)CNS2(=O)=O. The second-order valence-electron chi connectivity index (χ2n) is 3.12. The molecule has 1 aliphatic heterocycles. The van der Waals surface area contributed by atoms with Gasteiger partial charge >= 0.3 is 0 Å². The van der Waals surface area contributed by atoms with Crippen molar-refractivity contribution < 1.29 is 8.42 Å². The molecule has 0 bridgehead atoms. The Labute approximate surface area is 77.8 Å². The number of sulfonamides is 1. The molecular weight excluding hydrogens is 186 g/mol. The molecule has 0 spiro atoms. The van der Waals surface area contributed by atoms with Gasteiger partial charge in [-0.15, -0.1) is 0 Å². The molecule has 13 heavy (non-hydrogen) atoms. The molecule has 3 nitrogen and oxygen atoms in total. The Hall–Kier alpha value is -0.870. The van der Waals surface area contributed by atoms with E-state index in [1.54, 1.807) is 6.07 Å². The Morgan fingerprint density at radius 2 is 2.23 bits per heavy atom. The average Bonchev–Trinajstić information content (AvgIpc) is 2.42. The van der Waals surface area contributed by atoms with Gasteiger partial charge in [0.15, 0.2) is 0 Å². The third-order valence-electron chi connectivity index (χ3n) is 2.28. The summed E-state index contributed by atoms with van der Waals surface area (Å²) in [5, 5.41) is 0. The molecule has 1 aromatic rings. The van der Waals surface area contributed by atoms with Crippen LogP contribution in [0.5, 0.6) is 0 Å². The molecule has 0 aliphatic carbocycles. The van der Waals surface area contributed by atoms with E-state index < -0.39 is 10.0 Å². The van der Waals surface area contributed by atoms with Crippen molar-refractivity contribution in [3.8, 4) is 0 Å². The van der Waals surface area contributed by atoms with E-state index in [-0.39, 0.29) is 0 Å². The van der Waals surface area contributed by atoms with Crippen LogP contribution in [0.25, 0.3) is 0 Å². The van der Waals surface area contributed by atoms with Crippen molar-refractivity contribution in [1.29, 1.82) is 0 Å². The maximum atomic E-state index is 11.3. The standard InChI is InChI=1S/C9H11NO2S/c1-2-7-3-4-9-8(5-7)6-10-13(9,11)12/h3-5,10H,2,6H2,1H3. The highest BCUT2D eigenvalue weighted by atomic mass is 32.2. The summed E-state index contributed by atoms with van der Waals surface area (Å²) in [5.74, 6) is 0. The van der Waals surface area contributed by atoms with Gasteiger partial charge in [0, 0.05) is 6.54 Å². The number of aryl methyl sites for hydroxylation is 1. The molecule has 0 saturated heterocycles. The lowest BCUT2D eigenvalue weighted by atomic mass is 10.1. The minimum atomic E-state index is -3.18. The van der Waals surface area contributed by atoms with Crippen LogP contribution in [0.4, 0.5) is 0 Å². The summed E-state index contributed by atoms with van der Waals surface area (Å²) in [4.78, 5) is 0.435. The molecule has 1 aromatic carbocycles. The summed E-state index contributed by atoms with van der Waals surface area (Å²) < 4.78 is 25.2. The maximum Gasteiger partial charge on any atom is 0.241 e. The highest BCUT2D eigenvalue weighted by Crippen LogP contribution is 2.23. The van der Waals surface area contributed by atoms with E-state index >= 15 is 0 Å². The van der Waals surface area contributed by atoms with Crippen LogP contribution in [0, 0.1) is 0 Å². The van der Waals surface area contributed by atoms with Gasteiger partial charge in [-0.2, -0.15) is 0 Å². The molecule has 0 unspecified atom stereocenters. The number of nitrogens with one attached hydrogen (secondary N) is 1. The van der Waals surface area contributed by atoms with Crippen LogP contribution in [-0.4, -0.2) is 8.42 Å². The summed E-state index contributed by atoms with van der Waals surface area (Å²) in [5.41, 5.74) is 2.07. The quantitative estimate of drug-likeness (QED) is 0.731. The van der Waals surface area contributed by atoms with Crippen LogP contribution in [0.3, 0.4) is 0 Å². The summed E-state index contributed by atoms with van der Waals surface area (Å²) in [6, 6.07) is 5.50. The molecular formula is C9H11NO2S. The van der Waals surface area contributed by atoms with Crippen molar-refractivity contribution in [3.05, 3.63) is 29.3 Å². The molecule has 1 aliphatic rings. The van der Waals surface area contributed by atoms with Crippen LogP contribution in [0.15, 0.2) is 23.1 Å². The van der Waals surface area contributed by atoms with Crippen molar-refractivity contribution in [1.82, 2.24) is 4.72 Å². The molecule has 0 aromatic heterocycles. The molecule has 2 rings (SSSR count). The summed E-state index contributed by atoms with van der Waals surface area (Å²) in [7, 11) is -3.18. The third-order valence-corrected chi connectivity index (χ3v) is 3.78. The van der Waals surface area contributed by atoms with Crippen molar-refractivity contribution in [2.45, 2.75) is 24.8 Å². The van der Waals surface area contributed by atoms with Crippen LogP contribution in [0.1, 0.15) is 18.1 Å². The zero-order valence-corrected chi connectivity index (χ0v) is 8.19. The number of hydrogen-bond donors (Lipinski definition) is 1.